The van der Waals surface area contributed by atoms with E-state index >= 15 is 0 Å². The first-order valence-corrected chi connectivity index (χ1v) is 5.28. The van der Waals surface area contributed by atoms with Crippen molar-refractivity contribution in [2.45, 2.75) is 25.0 Å². The molecule has 1 aromatic carbocycles. The summed E-state index contributed by atoms with van der Waals surface area (Å²) in [5, 5.41) is 0.748. The number of benzene rings is 1. The first kappa shape index (κ1) is 9.97. The Kier molecular flexibility index (Phi) is 3.06. The maximum atomic E-state index is 5.99. The van der Waals surface area contributed by atoms with Gasteiger partial charge in [-0.15, -0.1) is 0 Å². The molecule has 76 valence electrons. The fraction of sp³-hybridized carbons (Fsp3) is 0.455. The highest BCUT2D eigenvalue weighted by Gasteiger charge is 2.23. The van der Waals surface area contributed by atoms with Crippen LogP contribution in [0.25, 0.3) is 0 Å². The lowest BCUT2D eigenvalue weighted by Crippen LogP contribution is -2.34. The van der Waals surface area contributed by atoms with Crippen molar-refractivity contribution in [1.29, 1.82) is 0 Å². The zero-order valence-electron chi connectivity index (χ0n) is 7.95. The summed E-state index contributed by atoms with van der Waals surface area (Å²) < 4.78 is 5.65. The smallest absolute Gasteiger partial charge is 0.0975 e. The second-order valence-electron chi connectivity index (χ2n) is 3.65. The minimum atomic E-state index is 0.0426. The Labute approximate surface area is 89.0 Å². The van der Waals surface area contributed by atoms with E-state index in [1.165, 1.54) is 0 Å². The summed E-state index contributed by atoms with van der Waals surface area (Å²) in [5.74, 6) is 0. The van der Waals surface area contributed by atoms with Crippen molar-refractivity contribution in [2.75, 3.05) is 6.61 Å². The molecule has 0 bridgehead atoms. The van der Waals surface area contributed by atoms with Crippen LogP contribution >= 0.6 is 11.6 Å². The highest BCUT2D eigenvalue weighted by atomic mass is 35.5. The lowest BCUT2D eigenvalue weighted by Gasteiger charge is -2.29. The third-order valence-corrected chi connectivity index (χ3v) is 2.82. The van der Waals surface area contributed by atoms with Crippen molar-refractivity contribution in [1.82, 2.24) is 0 Å². The minimum absolute atomic E-state index is 0.0426. The first-order chi connectivity index (χ1) is 6.77. The monoisotopic (exact) mass is 211 g/mol. The fourth-order valence-corrected chi connectivity index (χ4v) is 1.93. The third kappa shape index (κ3) is 2.08. The molecule has 0 radical (unpaired) electrons. The van der Waals surface area contributed by atoms with E-state index in [2.05, 4.69) is 0 Å². The average Bonchev–Trinajstić information content (AvgIpc) is 2.20. The van der Waals surface area contributed by atoms with E-state index in [9.17, 15) is 0 Å². The predicted octanol–water partition coefficient (Wildman–Crippen LogP) is 2.52. The number of halogens is 1. The maximum absolute atomic E-state index is 5.99. The second kappa shape index (κ2) is 4.30. The Morgan fingerprint density at radius 2 is 2.00 bits per heavy atom. The van der Waals surface area contributed by atoms with Crippen molar-refractivity contribution in [3.8, 4) is 0 Å². The molecule has 1 aromatic rings. The largest absolute Gasteiger partial charge is 0.372 e. The van der Waals surface area contributed by atoms with Gasteiger partial charge in [-0.2, -0.15) is 0 Å². The fourth-order valence-electron chi connectivity index (χ4n) is 1.80. The Morgan fingerprint density at radius 3 is 2.64 bits per heavy atom. The molecule has 1 heterocycles. The van der Waals surface area contributed by atoms with Crippen LogP contribution in [0.5, 0.6) is 0 Å². The molecule has 1 aliphatic heterocycles. The van der Waals surface area contributed by atoms with E-state index in [4.69, 9.17) is 22.1 Å². The highest BCUT2D eigenvalue weighted by Crippen LogP contribution is 2.27. The van der Waals surface area contributed by atoms with E-state index in [0.717, 1.165) is 30.0 Å². The summed E-state index contributed by atoms with van der Waals surface area (Å²) in [6, 6.07) is 7.84. The zero-order chi connectivity index (χ0) is 9.97. The molecule has 0 saturated carbocycles. The van der Waals surface area contributed by atoms with Gasteiger partial charge >= 0.3 is 0 Å². The standard InChI is InChI=1S/C11H14ClNO/c12-9-5-3-8(4-6-9)11-10(13)2-1-7-14-11/h3-6,10-11H,1-2,7,13H2/t10-,11+/m1/s1. The Bertz CT molecular complexity index is 299. The zero-order valence-corrected chi connectivity index (χ0v) is 8.70. The second-order valence-corrected chi connectivity index (χ2v) is 4.09. The van der Waals surface area contributed by atoms with Crippen LogP contribution < -0.4 is 5.73 Å². The number of nitrogens with two attached hydrogens (primary N) is 1. The molecule has 3 heteroatoms. The van der Waals surface area contributed by atoms with Gasteiger partial charge in [0.15, 0.2) is 0 Å². The van der Waals surface area contributed by atoms with Crippen LogP contribution in [0.4, 0.5) is 0 Å². The summed E-state index contributed by atoms with van der Waals surface area (Å²) in [7, 11) is 0. The lowest BCUT2D eigenvalue weighted by atomic mass is 9.97. The molecule has 14 heavy (non-hydrogen) atoms. The maximum Gasteiger partial charge on any atom is 0.0975 e. The predicted molar refractivity (Wildman–Crippen MR) is 57.4 cm³/mol. The summed E-state index contributed by atoms with van der Waals surface area (Å²) in [4.78, 5) is 0. The molecule has 0 spiro atoms. The normalized spacial score (nSPS) is 27.6. The Balaban J connectivity index is 2.16. The molecule has 1 fully saturated rings. The van der Waals surface area contributed by atoms with Gasteiger partial charge in [-0.25, -0.2) is 0 Å². The summed E-state index contributed by atoms with van der Waals surface area (Å²) in [6.45, 7) is 0.807. The van der Waals surface area contributed by atoms with Gasteiger partial charge in [0.25, 0.3) is 0 Å². The molecule has 2 N–H and O–H groups in total. The summed E-state index contributed by atoms with van der Waals surface area (Å²) >= 11 is 5.81. The average molecular weight is 212 g/mol. The molecule has 0 aromatic heterocycles. The van der Waals surface area contributed by atoms with Crippen molar-refractivity contribution in [3.05, 3.63) is 34.9 Å². The van der Waals surface area contributed by atoms with E-state index in [1.807, 2.05) is 24.3 Å². The quantitative estimate of drug-likeness (QED) is 0.775. The molecule has 1 aliphatic rings. The van der Waals surface area contributed by atoms with Crippen LogP contribution in [0.1, 0.15) is 24.5 Å². The SMILES string of the molecule is N[C@@H]1CCCO[C@H]1c1ccc(Cl)cc1. The van der Waals surface area contributed by atoms with Crippen LogP contribution in [0.2, 0.25) is 5.02 Å². The van der Waals surface area contributed by atoms with Crippen molar-refractivity contribution < 1.29 is 4.74 Å². The van der Waals surface area contributed by atoms with E-state index in [-0.39, 0.29) is 12.1 Å². The molecule has 0 unspecified atom stereocenters. The Hall–Kier alpha value is -0.570. The van der Waals surface area contributed by atoms with Gasteiger partial charge in [-0.3, -0.25) is 0 Å². The Morgan fingerprint density at radius 1 is 1.29 bits per heavy atom. The van der Waals surface area contributed by atoms with Crippen LogP contribution in [-0.4, -0.2) is 12.6 Å². The molecule has 0 aliphatic carbocycles. The van der Waals surface area contributed by atoms with Gasteiger partial charge in [0.05, 0.1) is 6.10 Å². The topological polar surface area (TPSA) is 35.2 Å². The van der Waals surface area contributed by atoms with Crippen LogP contribution in [0.15, 0.2) is 24.3 Å². The number of ether oxygens (including phenoxy) is 1. The molecule has 1 saturated heterocycles. The summed E-state index contributed by atoms with van der Waals surface area (Å²) in [6.07, 6.45) is 2.14. The van der Waals surface area contributed by atoms with Crippen molar-refractivity contribution in [2.24, 2.45) is 5.73 Å². The van der Waals surface area contributed by atoms with Gasteiger partial charge < -0.3 is 10.5 Å². The van der Waals surface area contributed by atoms with Crippen molar-refractivity contribution >= 4 is 11.6 Å². The van der Waals surface area contributed by atoms with Crippen LogP contribution in [0.3, 0.4) is 0 Å². The van der Waals surface area contributed by atoms with Gasteiger partial charge in [0, 0.05) is 17.7 Å². The summed E-state index contributed by atoms with van der Waals surface area (Å²) in [5.41, 5.74) is 7.12. The lowest BCUT2D eigenvalue weighted by molar-refractivity contribution is 0.000149. The minimum Gasteiger partial charge on any atom is -0.372 e. The van der Waals surface area contributed by atoms with E-state index in [1.54, 1.807) is 0 Å². The van der Waals surface area contributed by atoms with E-state index < -0.39 is 0 Å². The molecule has 2 rings (SSSR count). The molecular weight excluding hydrogens is 198 g/mol. The van der Waals surface area contributed by atoms with Crippen LogP contribution in [0, 0.1) is 0 Å². The van der Waals surface area contributed by atoms with Gasteiger partial charge in [-0.05, 0) is 30.5 Å². The van der Waals surface area contributed by atoms with Gasteiger partial charge in [-0.1, -0.05) is 23.7 Å². The molecule has 2 atom stereocenters. The van der Waals surface area contributed by atoms with Crippen molar-refractivity contribution in [3.63, 3.8) is 0 Å². The molecule has 0 amide bonds. The number of hydrogen-bond acceptors (Lipinski definition) is 2. The molecular formula is C11H14ClNO. The van der Waals surface area contributed by atoms with Crippen LogP contribution in [-0.2, 0) is 4.74 Å². The highest BCUT2D eigenvalue weighted by molar-refractivity contribution is 6.30. The molecule has 2 nitrogen and oxygen atoms in total. The van der Waals surface area contributed by atoms with Gasteiger partial charge in [0.1, 0.15) is 0 Å². The number of rotatable bonds is 1. The number of hydrogen-bond donors (Lipinski definition) is 1. The van der Waals surface area contributed by atoms with Gasteiger partial charge in [0.2, 0.25) is 0 Å². The first-order valence-electron chi connectivity index (χ1n) is 4.90. The van der Waals surface area contributed by atoms with E-state index in [0.29, 0.717) is 0 Å². The third-order valence-electron chi connectivity index (χ3n) is 2.57.